The van der Waals surface area contributed by atoms with Crippen molar-refractivity contribution < 1.29 is 14.7 Å². The molecule has 0 aliphatic carbocycles. The van der Waals surface area contributed by atoms with Crippen LogP contribution >= 0.6 is 15.9 Å². The van der Waals surface area contributed by atoms with Crippen molar-refractivity contribution in [1.29, 1.82) is 0 Å². The number of carbonyl (C=O) groups is 2. The number of nitrogens with zero attached hydrogens (tertiary/aromatic N) is 1. The van der Waals surface area contributed by atoms with Gasteiger partial charge in [0.15, 0.2) is 0 Å². The first kappa shape index (κ1) is 8.99. The van der Waals surface area contributed by atoms with Gasteiger partial charge in [-0.05, 0) is 22.0 Å². The minimum Gasteiger partial charge on any atom is -0.477 e. The number of halogens is 1. The van der Waals surface area contributed by atoms with Gasteiger partial charge in [-0.2, -0.15) is 0 Å². The Morgan fingerprint density at radius 3 is 2.50 bits per heavy atom. The van der Waals surface area contributed by atoms with Crippen LogP contribution in [0.5, 0.6) is 0 Å². The lowest BCUT2D eigenvalue weighted by Crippen LogP contribution is -2.12. The van der Waals surface area contributed by atoms with E-state index >= 15 is 0 Å². The van der Waals surface area contributed by atoms with Crippen molar-refractivity contribution in [3.05, 3.63) is 22.4 Å². The second kappa shape index (κ2) is 3.10. The quantitative estimate of drug-likeness (QED) is 0.799. The standard InChI is InChI=1S/C7H6BrNO3/c1-4(10)9-3-5(8)2-6(9)7(11)12/h2-3H,1H3,(H,11,12). The number of aromatic carboxylic acids is 1. The Labute approximate surface area is 76.9 Å². The van der Waals surface area contributed by atoms with Crippen LogP contribution in [0.1, 0.15) is 22.2 Å². The third kappa shape index (κ3) is 1.55. The van der Waals surface area contributed by atoms with Crippen LogP contribution in [0.4, 0.5) is 0 Å². The van der Waals surface area contributed by atoms with E-state index in [2.05, 4.69) is 15.9 Å². The molecule has 64 valence electrons. The van der Waals surface area contributed by atoms with E-state index in [1.807, 2.05) is 0 Å². The van der Waals surface area contributed by atoms with Gasteiger partial charge in [-0.1, -0.05) is 0 Å². The normalized spacial score (nSPS) is 9.83. The van der Waals surface area contributed by atoms with E-state index in [0.29, 0.717) is 4.47 Å². The number of carbonyl (C=O) groups excluding carboxylic acids is 1. The van der Waals surface area contributed by atoms with Gasteiger partial charge in [-0.3, -0.25) is 9.36 Å². The third-order valence-electron chi connectivity index (χ3n) is 1.34. The van der Waals surface area contributed by atoms with Crippen molar-refractivity contribution in [3.8, 4) is 0 Å². The summed E-state index contributed by atoms with van der Waals surface area (Å²) >= 11 is 3.08. The van der Waals surface area contributed by atoms with Crippen LogP contribution in [-0.4, -0.2) is 21.6 Å². The van der Waals surface area contributed by atoms with Crippen molar-refractivity contribution in [2.24, 2.45) is 0 Å². The lowest BCUT2D eigenvalue weighted by atomic mass is 10.4. The Hall–Kier alpha value is -1.10. The summed E-state index contributed by atoms with van der Waals surface area (Å²) in [5, 5.41) is 8.63. The second-order valence-electron chi connectivity index (χ2n) is 2.24. The highest BCUT2D eigenvalue weighted by molar-refractivity contribution is 9.10. The molecule has 0 atom stereocenters. The molecule has 1 N–H and O–H groups in total. The van der Waals surface area contributed by atoms with E-state index in [1.54, 1.807) is 0 Å². The molecule has 4 nitrogen and oxygen atoms in total. The summed E-state index contributed by atoms with van der Waals surface area (Å²) in [6.07, 6.45) is 1.42. The van der Waals surface area contributed by atoms with Crippen LogP contribution < -0.4 is 0 Å². The zero-order valence-electron chi connectivity index (χ0n) is 6.24. The average molecular weight is 232 g/mol. The van der Waals surface area contributed by atoms with Crippen LogP contribution in [0.3, 0.4) is 0 Å². The highest BCUT2D eigenvalue weighted by atomic mass is 79.9. The summed E-state index contributed by atoms with van der Waals surface area (Å²) in [7, 11) is 0. The zero-order valence-corrected chi connectivity index (χ0v) is 7.83. The molecular weight excluding hydrogens is 226 g/mol. The van der Waals surface area contributed by atoms with Crippen LogP contribution in [0.15, 0.2) is 16.7 Å². The second-order valence-corrected chi connectivity index (χ2v) is 3.15. The molecule has 0 aromatic carbocycles. The Morgan fingerprint density at radius 1 is 1.58 bits per heavy atom. The Balaban J connectivity index is 3.26. The van der Waals surface area contributed by atoms with Gasteiger partial charge in [0.25, 0.3) is 0 Å². The molecule has 0 aliphatic rings. The molecule has 0 fully saturated rings. The molecule has 0 spiro atoms. The number of rotatable bonds is 1. The molecule has 1 rings (SSSR count). The Morgan fingerprint density at radius 2 is 2.17 bits per heavy atom. The van der Waals surface area contributed by atoms with Crippen molar-refractivity contribution in [3.63, 3.8) is 0 Å². The van der Waals surface area contributed by atoms with Gasteiger partial charge < -0.3 is 5.11 Å². The minimum absolute atomic E-state index is 0.0330. The minimum atomic E-state index is -1.11. The maximum Gasteiger partial charge on any atom is 0.352 e. The van der Waals surface area contributed by atoms with Gasteiger partial charge >= 0.3 is 5.97 Å². The number of aromatic nitrogens is 1. The lowest BCUT2D eigenvalue weighted by Gasteiger charge is -1.97. The van der Waals surface area contributed by atoms with Gasteiger partial charge in [-0.15, -0.1) is 0 Å². The van der Waals surface area contributed by atoms with Gasteiger partial charge in [0.05, 0.1) is 0 Å². The van der Waals surface area contributed by atoms with Gasteiger partial charge in [0, 0.05) is 17.6 Å². The predicted molar refractivity (Wildman–Crippen MR) is 45.4 cm³/mol. The Kier molecular flexibility index (Phi) is 2.32. The fourth-order valence-corrected chi connectivity index (χ4v) is 1.28. The molecule has 1 aromatic heterocycles. The molecular formula is C7H6BrNO3. The van der Waals surface area contributed by atoms with Crippen molar-refractivity contribution in [2.75, 3.05) is 0 Å². The molecule has 0 amide bonds. The van der Waals surface area contributed by atoms with Crippen LogP contribution in [0.25, 0.3) is 0 Å². The summed E-state index contributed by atoms with van der Waals surface area (Å²) in [5.74, 6) is -1.44. The van der Waals surface area contributed by atoms with Crippen molar-refractivity contribution >= 4 is 27.8 Å². The van der Waals surface area contributed by atoms with E-state index in [0.717, 1.165) is 4.57 Å². The smallest absolute Gasteiger partial charge is 0.352 e. The van der Waals surface area contributed by atoms with E-state index in [1.165, 1.54) is 19.2 Å². The zero-order chi connectivity index (χ0) is 9.30. The SMILES string of the molecule is CC(=O)n1cc(Br)cc1C(=O)O. The topological polar surface area (TPSA) is 59.3 Å². The van der Waals surface area contributed by atoms with E-state index in [-0.39, 0.29) is 11.6 Å². The molecule has 0 bridgehead atoms. The summed E-state index contributed by atoms with van der Waals surface area (Å²) in [6.45, 7) is 1.30. The summed E-state index contributed by atoms with van der Waals surface area (Å²) in [4.78, 5) is 21.4. The highest BCUT2D eigenvalue weighted by Crippen LogP contribution is 2.14. The predicted octanol–water partition coefficient (Wildman–Crippen LogP) is 1.61. The summed E-state index contributed by atoms with van der Waals surface area (Å²) in [5.41, 5.74) is -0.0330. The van der Waals surface area contributed by atoms with Gasteiger partial charge in [0.1, 0.15) is 5.69 Å². The number of hydrogen-bond donors (Lipinski definition) is 1. The highest BCUT2D eigenvalue weighted by Gasteiger charge is 2.13. The van der Waals surface area contributed by atoms with Gasteiger partial charge in [0.2, 0.25) is 5.91 Å². The largest absolute Gasteiger partial charge is 0.477 e. The van der Waals surface area contributed by atoms with Crippen molar-refractivity contribution in [2.45, 2.75) is 6.92 Å². The number of carboxylic acids is 1. The summed E-state index contributed by atoms with van der Waals surface area (Å²) < 4.78 is 1.65. The molecule has 0 radical (unpaired) electrons. The maximum absolute atomic E-state index is 10.9. The first-order chi connectivity index (χ1) is 5.52. The molecule has 1 heterocycles. The fourth-order valence-electron chi connectivity index (χ4n) is 0.856. The van der Waals surface area contributed by atoms with Crippen LogP contribution in [0.2, 0.25) is 0 Å². The van der Waals surface area contributed by atoms with Crippen LogP contribution in [-0.2, 0) is 0 Å². The third-order valence-corrected chi connectivity index (χ3v) is 1.78. The average Bonchev–Trinajstić information content (AvgIpc) is 2.31. The van der Waals surface area contributed by atoms with Gasteiger partial charge in [-0.25, -0.2) is 4.79 Å². The summed E-state index contributed by atoms with van der Waals surface area (Å²) in [6, 6.07) is 1.38. The van der Waals surface area contributed by atoms with E-state index < -0.39 is 5.97 Å². The molecule has 0 saturated carbocycles. The molecule has 5 heteroatoms. The Bertz CT molecular complexity index is 311. The molecule has 12 heavy (non-hydrogen) atoms. The number of hydrogen-bond acceptors (Lipinski definition) is 2. The van der Waals surface area contributed by atoms with Crippen molar-refractivity contribution in [1.82, 2.24) is 4.57 Å². The van der Waals surface area contributed by atoms with E-state index in [4.69, 9.17) is 5.11 Å². The maximum atomic E-state index is 10.9. The molecule has 0 aliphatic heterocycles. The first-order valence-corrected chi connectivity index (χ1v) is 3.94. The molecule has 0 saturated heterocycles. The first-order valence-electron chi connectivity index (χ1n) is 3.14. The monoisotopic (exact) mass is 231 g/mol. The number of carboxylic acid groups (broad SMARTS) is 1. The lowest BCUT2D eigenvalue weighted by molar-refractivity contribution is 0.0675. The van der Waals surface area contributed by atoms with E-state index in [9.17, 15) is 9.59 Å². The molecule has 1 aromatic rings. The van der Waals surface area contributed by atoms with Crippen LogP contribution in [0, 0.1) is 0 Å². The molecule has 0 unspecified atom stereocenters. The fraction of sp³-hybridized carbons (Fsp3) is 0.143.